The van der Waals surface area contributed by atoms with Crippen molar-refractivity contribution in [2.24, 2.45) is 4.99 Å². The summed E-state index contributed by atoms with van der Waals surface area (Å²) in [6.45, 7) is 3.81. The Balaban J connectivity index is 1.94. The molecule has 0 atom stereocenters. The van der Waals surface area contributed by atoms with Gasteiger partial charge in [-0.1, -0.05) is 29.8 Å². The van der Waals surface area contributed by atoms with Crippen LogP contribution >= 0.6 is 0 Å². The maximum atomic E-state index is 6.07. The zero-order chi connectivity index (χ0) is 13.9. The number of nitrogens with one attached hydrogen (secondary N) is 1. The zero-order valence-electron chi connectivity index (χ0n) is 11.6. The van der Waals surface area contributed by atoms with Crippen LogP contribution in [-0.4, -0.2) is 28.8 Å². The number of nitrogens with two attached hydrogens (primary N) is 1. The third kappa shape index (κ3) is 2.52. The lowest BCUT2D eigenvalue weighted by molar-refractivity contribution is 0.743. The van der Waals surface area contributed by atoms with Gasteiger partial charge in [0.15, 0.2) is 0 Å². The fraction of sp³-hybridized carbons (Fsp3) is 0.333. The van der Waals surface area contributed by atoms with Gasteiger partial charge in [-0.15, -0.1) is 0 Å². The molecule has 2 heterocycles. The van der Waals surface area contributed by atoms with Crippen molar-refractivity contribution in [1.82, 2.24) is 15.1 Å². The van der Waals surface area contributed by atoms with E-state index in [2.05, 4.69) is 46.6 Å². The van der Waals surface area contributed by atoms with Crippen LogP contribution in [0.15, 0.2) is 35.3 Å². The minimum Gasteiger partial charge on any atom is -0.383 e. The SMILES string of the molecule is Cc1ccc(-c2cc(N)n(C3=NCCCCN3)n2)cc1. The van der Waals surface area contributed by atoms with Crippen LogP contribution in [0.4, 0.5) is 5.82 Å². The van der Waals surface area contributed by atoms with Gasteiger partial charge in [-0.05, 0) is 19.8 Å². The van der Waals surface area contributed by atoms with Crippen LogP contribution in [-0.2, 0) is 0 Å². The van der Waals surface area contributed by atoms with Gasteiger partial charge >= 0.3 is 0 Å². The summed E-state index contributed by atoms with van der Waals surface area (Å²) in [6.07, 6.45) is 2.22. The van der Waals surface area contributed by atoms with Gasteiger partial charge in [0.05, 0.1) is 5.69 Å². The minimum absolute atomic E-state index is 0.605. The topological polar surface area (TPSA) is 68.2 Å². The molecule has 5 nitrogen and oxygen atoms in total. The van der Waals surface area contributed by atoms with E-state index in [-0.39, 0.29) is 0 Å². The van der Waals surface area contributed by atoms with Crippen molar-refractivity contribution in [1.29, 1.82) is 0 Å². The summed E-state index contributed by atoms with van der Waals surface area (Å²) in [5.41, 5.74) is 9.24. The van der Waals surface area contributed by atoms with Gasteiger partial charge in [-0.25, -0.2) is 0 Å². The van der Waals surface area contributed by atoms with E-state index in [0.717, 1.165) is 43.1 Å². The molecule has 3 rings (SSSR count). The van der Waals surface area contributed by atoms with Gasteiger partial charge in [0.25, 0.3) is 0 Å². The first kappa shape index (κ1) is 12.7. The number of aryl methyl sites for hydroxylation is 1. The predicted octanol–water partition coefficient (Wildman–Crippen LogP) is 2.03. The fourth-order valence-corrected chi connectivity index (χ4v) is 2.25. The van der Waals surface area contributed by atoms with E-state index >= 15 is 0 Å². The average molecular weight is 269 g/mol. The summed E-state index contributed by atoms with van der Waals surface area (Å²) in [5.74, 6) is 1.35. The van der Waals surface area contributed by atoms with Crippen LogP contribution < -0.4 is 11.1 Å². The van der Waals surface area contributed by atoms with Crippen molar-refractivity contribution in [3.8, 4) is 11.3 Å². The van der Waals surface area contributed by atoms with E-state index in [4.69, 9.17) is 5.73 Å². The summed E-state index contributed by atoms with van der Waals surface area (Å²) in [5, 5.41) is 7.86. The summed E-state index contributed by atoms with van der Waals surface area (Å²) in [6, 6.07) is 10.2. The smallest absolute Gasteiger partial charge is 0.221 e. The second-order valence-corrected chi connectivity index (χ2v) is 5.07. The predicted molar refractivity (Wildman–Crippen MR) is 81.7 cm³/mol. The highest BCUT2D eigenvalue weighted by atomic mass is 15.4. The van der Waals surface area contributed by atoms with Crippen LogP contribution in [0.1, 0.15) is 18.4 Å². The molecule has 1 aromatic heterocycles. The lowest BCUT2D eigenvalue weighted by atomic mass is 10.1. The highest BCUT2D eigenvalue weighted by molar-refractivity contribution is 5.85. The minimum atomic E-state index is 0.605. The number of nitrogen functional groups attached to an aromatic ring is 1. The quantitative estimate of drug-likeness (QED) is 0.832. The molecule has 20 heavy (non-hydrogen) atoms. The largest absolute Gasteiger partial charge is 0.383 e. The van der Waals surface area contributed by atoms with Crippen LogP contribution in [0.2, 0.25) is 0 Å². The Morgan fingerprint density at radius 2 is 2.00 bits per heavy atom. The number of aromatic nitrogens is 2. The van der Waals surface area contributed by atoms with Crippen LogP contribution in [0, 0.1) is 6.92 Å². The molecule has 0 radical (unpaired) electrons. The Bertz CT molecular complexity index is 624. The third-order valence-corrected chi connectivity index (χ3v) is 3.41. The Hall–Kier alpha value is -2.30. The van der Waals surface area contributed by atoms with Gasteiger partial charge in [0.2, 0.25) is 5.96 Å². The van der Waals surface area contributed by atoms with Crippen LogP contribution in [0.25, 0.3) is 11.3 Å². The summed E-state index contributed by atoms with van der Waals surface area (Å²) in [7, 11) is 0. The van der Waals surface area contributed by atoms with E-state index in [1.807, 2.05) is 6.07 Å². The van der Waals surface area contributed by atoms with Gasteiger partial charge in [0.1, 0.15) is 5.82 Å². The molecule has 104 valence electrons. The molecule has 0 bridgehead atoms. The number of hydrogen-bond donors (Lipinski definition) is 2. The van der Waals surface area contributed by atoms with Gasteiger partial charge < -0.3 is 11.1 Å². The van der Waals surface area contributed by atoms with Gasteiger partial charge in [-0.3, -0.25) is 4.99 Å². The first-order valence-corrected chi connectivity index (χ1v) is 6.95. The summed E-state index contributed by atoms with van der Waals surface area (Å²) in [4.78, 5) is 4.50. The van der Waals surface area contributed by atoms with Crippen molar-refractivity contribution in [3.05, 3.63) is 35.9 Å². The van der Waals surface area contributed by atoms with Crippen molar-refractivity contribution >= 4 is 11.8 Å². The molecule has 5 heteroatoms. The highest BCUT2D eigenvalue weighted by Gasteiger charge is 2.12. The van der Waals surface area contributed by atoms with E-state index in [1.165, 1.54) is 5.56 Å². The molecule has 1 aromatic carbocycles. The number of benzene rings is 1. The molecule has 0 unspecified atom stereocenters. The van der Waals surface area contributed by atoms with Crippen molar-refractivity contribution in [2.75, 3.05) is 18.8 Å². The Kier molecular flexibility index (Phi) is 3.41. The maximum Gasteiger partial charge on any atom is 0.221 e. The number of nitrogens with zero attached hydrogens (tertiary/aromatic N) is 3. The summed E-state index contributed by atoms with van der Waals surface area (Å²) >= 11 is 0. The first-order valence-electron chi connectivity index (χ1n) is 6.95. The Morgan fingerprint density at radius 3 is 2.80 bits per heavy atom. The number of aliphatic imine (C=N–C) groups is 1. The molecule has 0 amide bonds. The highest BCUT2D eigenvalue weighted by Crippen LogP contribution is 2.20. The molecule has 0 fully saturated rings. The lowest BCUT2D eigenvalue weighted by Gasteiger charge is -2.07. The first-order chi connectivity index (χ1) is 9.74. The number of rotatable bonds is 1. The molecule has 3 N–H and O–H groups in total. The van der Waals surface area contributed by atoms with E-state index in [1.54, 1.807) is 4.68 Å². The Labute approximate surface area is 118 Å². The van der Waals surface area contributed by atoms with E-state index in [9.17, 15) is 0 Å². The van der Waals surface area contributed by atoms with Gasteiger partial charge in [-0.2, -0.15) is 9.78 Å². The Morgan fingerprint density at radius 1 is 1.20 bits per heavy atom. The number of anilines is 1. The standard InChI is InChI=1S/C15H19N5/c1-11-4-6-12(7-5-11)13-10-14(16)20(19-13)15-17-8-2-3-9-18-15/h4-7,10H,2-3,8-9,16H2,1H3,(H,17,18). The molecule has 1 aliphatic rings. The zero-order valence-corrected chi connectivity index (χ0v) is 11.6. The second kappa shape index (κ2) is 5.36. The molecular formula is C15H19N5. The van der Waals surface area contributed by atoms with Crippen LogP contribution in [0.3, 0.4) is 0 Å². The van der Waals surface area contributed by atoms with E-state index in [0.29, 0.717) is 5.82 Å². The lowest BCUT2D eigenvalue weighted by Crippen LogP contribution is -2.31. The molecule has 0 saturated heterocycles. The molecule has 0 saturated carbocycles. The van der Waals surface area contributed by atoms with Crippen LogP contribution in [0.5, 0.6) is 0 Å². The third-order valence-electron chi connectivity index (χ3n) is 3.41. The molecule has 2 aromatic rings. The maximum absolute atomic E-state index is 6.07. The molecule has 0 aliphatic carbocycles. The van der Waals surface area contributed by atoms with Crippen molar-refractivity contribution < 1.29 is 0 Å². The molecule has 1 aliphatic heterocycles. The molecular weight excluding hydrogens is 250 g/mol. The number of hydrogen-bond acceptors (Lipinski definition) is 4. The van der Waals surface area contributed by atoms with Gasteiger partial charge in [0, 0.05) is 24.7 Å². The molecule has 0 spiro atoms. The van der Waals surface area contributed by atoms with E-state index < -0.39 is 0 Å². The normalized spacial score (nSPS) is 15.3. The summed E-state index contributed by atoms with van der Waals surface area (Å²) < 4.78 is 1.69. The van der Waals surface area contributed by atoms with Crippen molar-refractivity contribution in [3.63, 3.8) is 0 Å². The monoisotopic (exact) mass is 269 g/mol. The van der Waals surface area contributed by atoms with Crippen molar-refractivity contribution in [2.45, 2.75) is 19.8 Å². The fourth-order valence-electron chi connectivity index (χ4n) is 2.25. The average Bonchev–Trinajstić information content (AvgIpc) is 2.67. The second-order valence-electron chi connectivity index (χ2n) is 5.07.